The van der Waals surface area contributed by atoms with Crippen molar-refractivity contribution in [3.63, 3.8) is 0 Å². The summed E-state index contributed by atoms with van der Waals surface area (Å²) in [6, 6.07) is 8.27. The molecule has 1 aromatic carbocycles. The number of methoxy groups -OCH3 is 1. The predicted molar refractivity (Wildman–Crippen MR) is 111 cm³/mol. The summed E-state index contributed by atoms with van der Waals surface area (Å²) < 4.78 is 10.3. The van der Waals surface area contributed by atoms with Crippen molar-refractivity contribution in [2.75, 3.05) is 56.8 Å². The summed E-state index contributed by atoms with van der Waals surface area (Å²) in [7, 11) is 3.07. The SMILES string of the molecule is COC(=O)N(C)c1ccc(N2CCC[C@]3(CCN(C4CCOCC4)C3=O)C2)cc1. The highest BCUT2D eigenvalue weighted by Gasteiger charge is 2.50. The van der Waals surface area contributed by atoms with Crippen molar-refractivity contribution < 1.29 is 19.1 Å². The third kappa shape index (κ3) is 3.80. The third-order valence-electron chi connectivity index (χ3n) is 6.80. The van der Waals surface area contributed by atoms with E-state index in [-0.39, 0.29) is 11.5 Å². The average Bonchev–Trinajstić information content (AvgIpc) is 3.08. The third-order valence-corrected chi connectivity index (χ3v) is 6.80. The van der Waals surface area contributed by atoms with Crippen LogP contribution in [0.1, 0.15) is 32.1 Å². The fourth-order valence-electron chi connectivity index (χ4n) is 5.05. The number of carbonyl (C=O) groups excluding carboxylic acids is 2. The number of ether oxygens (including phenoxy) is 2. The van der Waals surface area contributed by atoms with Crippen LogP contribution in [0.3, 0.4) is 0 Å². The number of hydrogen-bond acceptors (Lipinski definition) is 5. The Kier molecular flexibility index (Phi) is 5.67. The highest BCUT2D eigenvalue weighted by atomic mass is 16.5. The van der Waals surface area contributed by atoms with Crippen molar-refractivity contribution in [2.24, 2.45) is 5.41 Å². The molecule has 3 aliphatic heterocycles. The lowest BCUT2D eigenvalue weighted by Crippen LogP contribution is -2.50. The molecule has 0 bridgehead atoms. The lowest BCUT2D eigenvalue weighted by molar-refractivity contribution is -0.139. The van der Waals surface area contributed by atoms with Crippen LogP contribution in [0.25, 0.3) is 0 Å². The van der Waals surface area contributed by atoms with Crippen LogP contribution in [0, 0.1) is 5.41 Å². The summed E-state index contributed by atoms with van der Waals surface area (Å²) in [5, 5.41) is 0. The molecule has 158 valence electrons. The molecule has 7 nitrogen and oxygen atoms in total. The topological polar surface area (TPSA) is 62.3 Å². The Labute approximate surface area is 172 Å². The van der Waals surface area contributed by atoms with E-state index >= 15 is 0 Å². The molecule has 3 heterocycles. The van der Waals surface area contributed by atoms with Gasteiger partial charge in [-0.15, -0.1) is 0 Å². The molecule has 3 aliphatic rings. The van der Waals surface area contributed by atoms with Crippen molar-refractivity contribution in [1.82, 2.24) is 4.90 Å². The number of amides is 2. The highest BCUT2D eigenvalue weighted by molar-refractivity contribution is 5.87. The number of hydrogen-bond donors (Lipinski definition) is 0. The van der Waals surface area contributed by atoms with Crippen LogP contribution in [0.15, 0.2) is 24.3 Å². The molecule has 0 unspecified atom stereocenters. The molecule has 1 atom stereocenters. The minimum Gasteiger partial charge on any atom is -0.452 e. The number of benzene rings is 1. The van der Waals surface area contributed by atoms with Gasteiger partial charge in [-0.25, -0.2) is 4.79 Å². The second kappa shape index (κ2) is 8.22. The number of likely N-dealkylation sites (tertiary alicyclic amines) is 1. The lowest BCUT2D eigenvalue weighted by Gasteiger charge is -2.41. The maximum atomic E-state index is 13.4. The first-order valence-electron chi connectivity index (χ1n) is 10.6. The zero-order valence-corrected chi connectivity index (χ0v) is 17.4. The van der Waals surface area contributed by atoms with Gasteiger partial charge in [0.15, 0.2) is 0 Å². The summed E-state index contributed by atoms with van der Waals surface area (Å²) in [5.41, 5.74) is 1.64. The van der Waals surface area contributed by atoms with Gasteiger partial charge in [-0.2, -0.15) is 0 Å². The van der Waals surface area contributed by atoms with Crippen LogP contribution < -0.4 is 9.80 Å². The Balaban J connectivity index is 1.46. The molecule has 0 radical (unpaired) electrons. The molecule has 7 heteroatoms. The molecule has 1 spiro atoms. The molecule has 0 aliphatic carbocycles. The Morgan fingerprint density at radius 3 is 2.59 bits per heavy atom. The van der Waals surface area contributed by atoms with Gasteiger partial charge in [0.25, 0.3) is 0 Å². The largest absolute Gasteiger partial charge is 0.452 e. The lowest BCUT2D eigenvalue weighted by atomic mass is 9.78. The van der Waals surface area contributed by atoms with E-state index in [0.29, 0.717) is 11.9 Å². The van der Waals surface area contributed by atoms with Crippen LogP contribution in [-0.2, 0) is 14.3 Å². The fourth-order valence-corrected chi connectivity index (χ4v) is 5.05. The maximum absolute atomic E-state index is 13.4. The first kappa shape index (κ1) is 20.0. The van der Waals surface area contributed by atoms with Gasteiger partial charge >= 0.3 is 6.09 Å². The zero-order chi connectivity index (χ0) is 20.4. The van der Waals surface area contributed by atoms with Crippen molar-refractivity contribution in [2.45, 2.75) is 38.1 Å². The molecule has 0 aromatic heterocycles. The number of anilines is 2. The quantitative estimate of drug-likeness (QED) is 0.779. The Hall–Kier alpha value is -2.28. The Bertz CT molecular complexity index is 747. The van der Waals surface area contributed by atoms with Gasteiger partial charge in [0, 0.05) is 57.3 Å². The van der Waals surface area contributed by atoms with E-state index in [1.807, 2.05) is 24.3 Å². The Morgan fingerprint density at radius 2 is 1.90 bits per heavy atom. The van der Waals surface area contributed by atoms with Crippen LogP contribution in [0.4, 0.5) is 16.2 Å². The molecule has 2 amide bonds. The summed E-state index contributed by atoms with van der Waals surface area (Å²) in [6.07, 6.45) is 4.48. The van der Waals surface area contributed by atoms with Crippen LogP contribution in [0.2, 0.25) is 0 Å². The fraction of sp³-hybridized carbons (Fsp3) is 0.636. The smallest absolute Gasteiger partial charge is 0.413 e. The van der Waals surface area contributed by atoms with Crippen molar-refractivity contribution in [3.05, 3.63) is 24.3 Å². The van der Waals surface area contributed by atoms with Gasteiger partial charge < -0.3 is 19.3 Å². The second-order valence-electron chi connectivity index (χ2n) is 8.44. The maximum Gasteiger partial charge on any atom is 0.413 e. The predicted octanol–water partition coefficient (Wildman–Crippen LogP) is 2.89. The van der Waals surface area contributed by atoms with E-state index in [1.165, 1.54) is 12.0 Å². The molecule has 29 heavy (non-hydrogen) atoms. The molecule has 3 fully saturated rings. The molecule has 0 saturated carbocycles. The van der Waals surface area contributed by atoms with Crippen LogP contribution in [0.5, 0.6) is 0 Å². The van der Waals surface area contributed by atoms with E-state index in [0.717, 1.165) is 76.3 Å². The van der Waals surface area contributed by atoms with Crippen LogP contribution in [-0.4, -0.2) is 69.9 Å². The molecule has 1 aromatic rings. The van der Waals surface area contributed by atoms with E-state index < -0.39 is 0 Å². The summed E-state index contributed by atoms with van der Waals surface area (Å²) in [5.74, 6) is 0.344. The van der Waals surface area contributed by atoms with E-state index in [9.17, 15) is 9.59 Å². The van der Waals surface area contributed by atoms with E-state index in [4.69, 9.17) is 9.47 Å². The van der Waals surface area contributed by atoms with Crippen molar-refractivity contribution in [3.8, 4) is 0 Å². The highest BCUT2D eigenvalue weighted by Crippen LogP contribution is 2.43. The molecule has 0 N–H and O–H groups in total. The van der Waals surface area contributed by atoms with Crippen molar-refractivity contribution in [1.29, 1.82) is 0 Å². The summed E-state index contributed by atoms with van der Waals surface area (Å²) in [6.45, 7) is 4.14. The monoisotopic (exact) mass is 401 g/mol. The van der Waals surface area contributed by atoms with E-state index in [2.05, 4.69) is 9.80 Å². The van der Waals surface area contributed by atoms with Gasteiger partial charge in [0.2, 0.25) is 5.91 Å². The number of carbonyl (C=O) groups is 2. The molecular formula is C22H31N3O4. The minimum atomic E-state index is -0.389. The van der Waals surface area contributed by atoms with Gasteiger partial charge in [-0.05, 0) is 56.4 Å². The zero-order valence-electron chi connectivity index (χ0n) is 17.4. The van der Waals surface area contributed by atoms with Crippen molar-refractivity contribution >= 4 is 23.4 Å². The van der Waals surface area contributed by atoms with Gasteiger partial charge in [0.05, 0.1) is 12.5 Å². The normalized spacial score (nSPS) is 25.5. The van der Waals surface area contributed by atoms with Gasteiger partial charge in [-0.3, -0.25) is 9.69 Å². The van der Waals surface area contributed by atoms with E-state index in [1.54, 1.807) is 7.05 Å². The van der Waals surface area contributed by atoms with Gasteiger partial charge in [0.1, 0.15) is 0 Å². The number of nitrogens with zero attached hydrogens (tertiary/aromatic N) is 3. The standard InChI is InChI=1S/C22H31N3O4/c1-23(21(27)28-2)17-4-6-18(7-5-17)24-12-3-10-22(16-24)11-13-25(20(22)26)19-8-14-29-15-9-19/h4-7,19H,3,8-16H2,1-2H3/t22-/m0/s1. The number of rotatable bonds is 3. The molecule has 4 rings (SSSR count). The van der Waals surface area contributed by atoms with Crippen LogP contribution >= 0.6 is 0 Å². The minimum absolute atomic E-state index is 0.252. The second-order valence-corrected chi connectivity index (χ2v) is 8.44. The van der Waals surface area contributed by atoms with Gasteiger partial charge in [-0.1, -0.05) is 0 Å². The average molecular weight is 402 g/mol. The summed E-state index contributed by atoms with van der Waals surface area (Å²) >= 11 is 0. The first-order chi connectivity index (χ1) is 14.0. The summed E-state index contributed by atoms with van der Waals surface area (Å²) in [4.78, 5) is 31.1. The first-order valence-corrected chi connectivity index (χ1v) is 10.6. The number of piperidine rings is 1. The molecular weight excluding hydrogens is 370 g/mol. The molecule has 3 saturated heterocycles. The Morgan fingerprint density at radius 1 is 1.17 bits per heavy atom.